The Balaban J connectivity index is 1.22. The molecule has 178 valence electrons. The number of amides is 2. The number of β-amino-alcohol motifs (C(OH)–C–C–N with tert-alkyl or cyclic N) is 1. The molecule has 2 amide bonds. The van der Waals surface area contributed by atoms with Crippen LogP contribution in [-0.2, 0) is 16.3 Å². The van der Waals surface area contributed by atoms with E-state index < -0.39 is 15.9 Å². The van der Waals surface area contributed by atoms with Crippen molar-refractivity contribution in [3.8, 4) is 5.75 Å². The Kier molecular flexibility index (Phi) is 7.21. The summed E-state index contributed by atoms with van der Waals surface area (Å²) in [4.78, 5) is 17.0. The average Bonchev–Trinajstić information content (AvgIpc) is 3.23. The Labute approximate surface area is 195 Å². The number of ether oxygens (including phenoxy) is 1. The van der Waals surface area contributed by atoms with Gasteiger partial charge in [-0.15, -0.1) is 0 Å². The number of aliphatic hydroxyl groups is 1. The summed E-state index contributed by atoms with van der Waals surface area (Å²) in [7, 11) is -3.27. The number of sulfone groups is 1. The van der Waals surface area contributed by atoms with Crippen LogP contribution in [0.2, 0.25) is 0 Å². The first-order chi connectivity index (χ1) is 15.8. The molecule has 2 aliphatic heterocycles. The predicted molar refractivity (Wildman–Crippen MR) is 127 cm³/mol. The molecule has 1 atom stereocenters. The quantitative estimate of drug-likeness (QED) is 0.639. The molecule has 8 nitrogen and oxygen atoms in total. The van der Waals surface area contributed by atoms with Gasteiger partial charge in [-0.05, 0) is 55.2 Å². The fourth-order valence-corrected chi connectivity index (χ4v) is 5.06. The molecule has 2 heterocycles. The normalized spacial score (nSPS) is 18.1. The Morgan fingerprint density at radius 1 is 1.15 bits per heavy atom. The van der Waals surface area contributed by atoms with Crippen molar-refractivity contribution < 1.29 is 23.1 Å². The first-order valence-corrected chi connectivity index (χ1v) is 13.2. The minimum atomic E-state index is -3.27. The zero-order valence-electron chi connectivity index (χ0n) is 18.8. The second-order valence-corrected chi connectivity index (χ2v) is 10.8. The Hall–Kier alpha value is -2.62. The largest absolute Gasteiger partial charge is 0.491 e. The number of nitrogens with zero attached hydrogens (tertiary/aromatic N) is 2. The summed E-state index contributed by atoms with van der Waals surface area (Å²) in [6.07, 6.45) is 2.88. The van der Waals surface area contributed by atoms with Crippen molar-refractivity contribution in [2.24, 2.45) is 0 Å². The van der Waals surface area contributed by atoms with Crippen molar-refractivity contribution in [2.75, 3.05) is 43.9 Å². The van der Waals surface area contributed by atoms with Crippen LogP contribution in [0, 0.1) is 0 Å². The maximum absolute atomic E-state index is 12.9. The van der Waals surface area contributed by atoms with Crippen LogP contribution in [-0.4, -0.2) is 75.6 Å². The average molecular weight is 474 g/mol. The lowest BCUT2D eigenvalue weighted by Crippen LogP contribution is -2.50. The second-order valence-electron chi connectivity index (χ2n) is 8.77. The third kappa shape index (κ3) is 6.04. The molecule has 33 heavy (non-hydrogen) atoms. The van der Waals surface area contributed by atoms with Gasteiger partial charge in [0.25, 0.3) is 0 Å². The third-order valence-corrected chi connectivity index (χ3v) is 7.30. The van der Waals surface area contributed by atoms with E-state index in [0.717, 1.165) is 42.9 Å². The van der Waals surface area contributed by atoms with Gasteiger partial charge in [0, 0.05) is 44.2 Å². The van der Waals surface area contributed by atoms with E-state index in [0.29, 0.717) is 19.5 Å². The van der Waals surface area contributed by atoms with Gasteiger partial charge >= 0.3 is 6.03 Å². The van der Waals surface area contributed by atoms with Crippen molar-refractivity contribution in [3.63, 3.8) is 0 Å². The number of para-hydroxylation sites is 1. The number of rotatable bonds is 7. The zero-order chi connectivity index (χ0) is 23.4. The molecule has 0 saturated carbocycles. The molecular weight excluding hydrogens is 442 g/mol. The number of carbonyl (C=O) groups excluding carboxylic acids is 1. The summed E-state index contributed by atoms with van der Waals surface area (Å²) in [6.45, 7) is 2.91. The van der Waals surface area contributed by atoms with E-state index in [1.54, 1.807) is 23.1 Å². The van der Waals surface area contributed by atoms with Gasteiger partial charge in [0.2, 0.25) is 0 Å². The van der Waals surface area contributed by atoms with Crippen LogP contribution in [0.3, 0.4) is 0 Å². The molecule has 4 rings (SSSR count). The summed E-state index contributed by atoms with van der Waals surface area (Å²) in [5.74, 6) is 0.744. The van der Waals surface area contributed by atoms with Crippen LogP contribution in [0.1, 0.15) is 18.4 Å². The second kappa shape index (κ2) is 10.1. The number of fused-ring (bicyclic) bond motifs is 1. The van der Waals surface area contributed by atoms with E-state index in [1.165, 1.54) is 6.26 Å². The lowest BCUT2D eigenvalue weighted by atomic mass is 10.0. The molecule has 2 aliphatic rings. The number of likely N-dealkylation sites (tertiary alicyclic amines) is 1. The number of anilines is 1. The van der Waals surface area contributed by atoms with Crippen molar-refractivity contribution in [1.82, 2.24) is 10.2 Å². The third-order valence-electron chi connectivity index (χ3n) is 6.19. The molecule has 9 heteroatoms. The van der Waals surface area contributed by atoms with E-state index >= 15 is 0 Å². The van der Waals surface area contributed by atoms with E-state index in [2.05, 4.69) is 10.2 Å². The molecule has 1 saturated heterocycles. The zero-order valence-corrected chi connectivity index (χ0v) is 19.6. The minimum Gasteiger partial charge on any atom is -0.491 e. The van der Waals surface area contributed by atoms with Gasteiger partial charge in [0.05, 0.1) is 4.90 Å². The van der Waals surface area contributed by atoms with Gasteiger partial charge < -0.3 is 20.1 Å². The first-order valence-electron chi connectivity index (χ1n) is 11.3. The van der Waals surface area contributed by atoms with Crippen LogP contribution >= 0.6 is 0 Å². The van der Waals surface area contributed by atoms with Crippen LogP contribution in [0.25, 0.3) is 0 Å². The molecule has 0 bridgehead atoms. The Morgan fingerprint density at radius 2 is 1.88 bits per heavy atom. The van der Waals surface area contributed by atoms with Crippen LogP contribution in [0.5, 0.6) is 5.75 Å². The monoisotopic (exact) mass is 473 g/mol. The van der Waals surface area contributed by atoms with Gasteiger partial charge in [0.15, 0.2) is 9.84 Å². The summed E-state index contributed by atoms with van der Waals surface area (Å²) in [5, 5.41) is 13.4. The molecular formula is C24H31N3O5S. The maximum Gasteiger partial charge on any atom is 0.322 e. The standard InChI is InChI=1S/C24H31N3O5S/c1-33(30,31)22-7-8-23-18(15-22)9-14-27(23)24(29)25-19-10-12-26(13-11-19)16-20(28)17-32-21-5-3-2-4-6-21/h2-8,15,19-20,28H,9-14,16-17H2,1H3,(H,25,29). The van der Waals surface area contributed by atoms with Gasteiger partial charge in [-0.2, -0.15) is 0 Å². The maximum atomic E-state index is 12.9. The fraction of sp³-hybridized carbons (Fsp3) is 0.458. The summed E-state index contributed by atoms with van der Waals surface area (Å²) in [6, 6.07) is 14.3. The Bertz CT molecular complexity index is 1070. The number of nitrogens with one attached hydrogen (secondary N) is 1. The molecule has 2 N–H and O–H groups in total. The van der Waals surface area contributed by atoms with Gasteiger partial charge in [-0.1, -0.05) is 18.2 Å². The smallest absolute Gasteiger partial charge is 0.322 e. The number of piperidine rings is 1. The molecule has 0 aliphatic carbocycles. The SMILES string of the molecule is CS(=O)(=O)c1ccc2c(c1)CCN2C(=O)NC1CCN(CC(O)COc2ccccc2)CC1. The summed E-state index contributed by atoms with van der Waals surface area (Å²) < 4.78 is 29.2. The van der Waals surface area contributed by atoms with Crippen LogP contribution in [0.4, 0.5) is 10.5 Å². The van der Waals surface area contributed by atoms with E-state index in [4.69, 9.17) is 4.74 Å². The molecule has 1 fully saturated rings. The minimum absolute atomic E-state index is 0.0748. The number of urea groups is 1. The predicted octanol–water partition coefficient (Wildman–Crippen LogP) is 2.07. The summed E-state index contributed by atoms with van der Waals surface area (Å²) in [5.41, 5.74) is 1.66. The molecule has 2 aromatic rings. The highest BCUT2D eigenvalue weighted by atomic mass is 32.2. The lowest BCUT2D eigenvalue weighted by molar-refractivity contribution is 0.0584. The highest BCUT2D eigenvalue weighted by Gasteiger charge is 2.29. The summed E-state index contributed by atoms with van der Waals surface area (Å²) >= 11 is 0. The van der Waals surface area contributed by atoms with Crippen LogP contribution in [0.15, 0.2) is 53.4 Å². The van der Waals surface area contributed by atoms with Gasteiger partial charge in [-0.25, -0.2) is 13.2 Å². The fourth-order valence-electron chi connectivity index (χ4n) is 4.39. The highest BCUT2D eigenvalue weighted by molar-refractivity contribution is 7.90. The van der Waals surface area contributed by atoms with E-state index in [-0.39, 0.29) is 23.6 Å². The highest BCUT2D eigenvalue weighted by Crippen LogP contribution is 2.30. The molecule has 0 aromatic heterocycles. The molecule has 2 aromatic carbocycles. The van der Waals surface area contributed by atoms with E-state index in [1.807, 2.05) is 30.3 Å². The topological polar surface area (TPSA) is 99.2 Å². The van der Waals surface area contributed by atoms with Gasteiger partial charge in [0.1, 0.15) is 18.5 Å². The van der Waals surface area contributed by atoms with Crippen LogP contribution < -0.4 is 15.0 Å². The number of carbonyl (C=O) groups is 1. The number of hydrogen-bond donors (Lipinski definition) is 2. The van der Waals surface area contributed by atoms with Gasteiger partial charge in [-0.3, -0.25) is 4.90 Å². The van der Waals surface area contributed by atoms with Crippen molar-refractivity contribution in [3.05, 3.63) is 54.1 Å². The molecule has 1 unspecified atom stereocenters. The number of benzene rings is 2. The van der Waals surface area contributed by atoms with Crippen molar-refractivity contribution in [2.45, 2.75) is 36.3 Å². The Morgan fingerprint density at radius 3 is 2.58 bits per heavy atom. The van der Waals surface area contributed by atoms with E-state index in [9.17, 15) is 18.3 Å². The lowest BCUT2D eigenvalue weighted by Gasteiger charge is -2.34. The van der Waals surface area contributed by atoms with Crippen molar-refractivity contribution >= 4 is 21.6 Å². The number of hydrogen-bond acceptors (Lipinski definition) is 6. The van der Waals surface area contributed by atoms with Crippen molar-refractivity contribution in [1.29, 1.82) is 0 Å². The number of aliphatic hydroxyl groups excluding tert-OH is 1. The molecule has 0 spiro atoms. The molecule has 0 radical (unpaired) electrons. The first kappa shape index (κ1) is 23.5.